The largest absolute Gasteiger partial charge is 0.497 e. The third-order valence-electron chi connectivity index (χ3n) is 3.93. The second-order valence-corrected chi connectivity index (χ2v) is 6.02. The lowest BCUT2D eigenvalue weighted by atomic mass is 10.1. The fourth-order valence-electron chi connectivity index (χ4n) is 2.38. The summed E-state index contributed by atoms with van der Waals surface area (Å²) < 4.78 is 58.3. The predicted molar refractivity (Wildman–Crippen MR) is 97.6 cm³/mol. The Morgan fingerprint density at radius 1 is 1.03 bits per heavy atom. The molecule has 0 spiro atoms. The highest BCUT2D eigenvalue weighted by Gasteiger charge is 2.30. The molecule has 7 nitrogen and oxygen atoms in total. The third-order valence-corrected chi connectivity index (χ3v) is 3.93. The molecule has 0 unspecified atom stereocenters. The van der Waals surface area contributed by atoms with E-state index in [1.807, 2.05) is 0 Å². The van der Waals surface area contributed by atoms with Crippen LogP contribution in [0.3, 0.4) is 0 Å². The number of nitrogens with zero attached hydrogens (tertiary/aromatic N) is 2. The number of hydrogen-bond acceptors (Lipinski definition) is 7. The maximum atomic E-state index is 12.6. The van der Waals surface area contributed by atoms with Gasteiger partial charge in [0.25, 0.3) is 5.89 Å². The first kappa shape index (κ1) is 21.2. The van der Waals surface area contributed by atoms with Crippen molar-refractivity contribution in [2.75, 3.05) is 13.7 Å². The molecule has 30 heavy (non-hydrogen) atoms. The summed E-state index contributed by atoms with van der Waals surface area (Å²) in [5.74, 6) is 0.864. The average Bonchev–Trinajstić information content (AvgIpc) is 3.21. The molecule has 158 valence electrons. The molecule has 0 saturated carbocycles. The van der Waals surface area contributed by atoms with Gasteiger partial charge in [0.1, 0.15) is 11.5 Å². The Labute approximate surface area is 169 Å². The predicted octanol–water partition coefficient (Wildman–Crippen LogP) is 4.28. The van der Waals surface area contributed by atoms with Gasteiger partial charge >= 0.3 is 12.1 Å². The zero-order valence-electron chi connectivity index (χ0n) is 15.8. The van der Waals surface area contributed by atoms with Crippen LogP contribution in [0.4, 0.5) is 13.2 Å². The second-order valence-electron chi connectivity index (χ2n) is 6.02. The van der Waals surface area contributed by atoms with Crippen molar-refractivity contribution in [1.29, 1.82) is 0 Å². The minimum absolute atomic E-state index is 0.00588. The number of esters is 1. The van der Waals surface area contributed by atoms with Crippen LogP contribution in [0, 0.1) is 0 Å². The van der Waals surface area contributed by atoms with Crippen molar-refractivity contribution in [3.05, 3.63) is 60.0 Å². The van der Waals surface area contributed by atoms with Gasteiger partial charge in [-0.2, -0.15) is 18.2 Å². The van der Waals surface area contributed by atoms with Crippen molar-refractivity contribution in [1.82, 2.24) is 10.1 Å². The minimum atomic E-state index is -4.42. The standard InChI is InChI=1S/C20H17F3N2O5/c1-27-15-6-8-16(9-7-15)28-11-10-18(26)29-12-17-24-19(25-30-17)13-2-4-14(5-3-13)20(21,22)23/h2-9H,10-12H2,1H3. The van der Waals surface area contributed by atoms with E-state index in [4.69, 9.17) is 18.7 Å². The molecule has 0 atom stereocenters. The molecule has 3 aromatic rings. The first-order valence-electron chi connectivity index (χ1n) is 8.78. The van der Waals surface area contributed by atoms with Crippen LogP contribution in [0.2, 0.25) is 0 Å². The number of methoxy groups -OCH3 is 1. The Balaban J connectivity index is 1.44. The van der Waals surface area contributed by atoms with E-state index in [0.29, 0.717) is 17.1 Å². The number of aromatic nitrogens is 2. The molecule has 0 fully saturated rings. The van der Waals surface area contributed by atoms with Crippen LogP contribution in [0.25, 0.3) is 11.4 Å². The number of rotatable bonds is 8. The lowest BCUT2D eigenvalue weighted by molar-refractivity contribution is -0.146. The Kier molecular flexibility index (Phi) is 6.55. The van der Waals surface area contributed by atoms with Gasteiger partial charge in [0.2, 0.25) is 5.82 Å². The van der Waals surface area contributed by atoms with Gasteiger partial charge in [0.05, 0.1) is 25.7 Å². The Morgan fingerprint density at radius 2 is 1.70 bits per heavy atom. The molecular weight excluding hydrogens is 405 g/mol. The molecular formula is C20H17F3N2O5. The van der Waals surface area contributed by atoms with E-state index < -0.39 is 17.7 Å². The van der Waals surface area contributed by atoms with E-state index in [0.717, 1.165) is 12.1 Å². The molecule has 1 heterocycles. The van der Waals surface area contributed by atoms with E-state index >= 15 is 0 Å². The summed E-state index contributed by atoms with van der Waals surface area (Å²) in [4.78, 5) is 15.8. The summed E-state index contributed by atoms with van der Waals surface area (Å²) in [6.07, 6.45) is -4.42. The van der Waals surface area contributed by atoms with Crippen molar-refractivity contribution in [3.8, 4) is 22.9 Å². The smallest absolute Gasteiger partial charge is 0.416 e. The maximum absolute atomic E-state index is 12.6. The molecule has 0 N–H and O–H groups in total. The van der Waals surface area contributed by atoms with Crippen LogP contribution in [-0.2, 0) is 22.3 Å². The van der Waals surface area contributed by atoms with E-state index in [-0.39, 0.29) is 31.3 Å². The first-order chi connectivity index (χ1) is 14.3. The molecule has 0 aliphatic carbocycles. The summed E-state index contributed by atoms with van der Waals surface area (Å²) >= 11 is 0. The summed E-state index contributed by atoms with van der Waals surface area (Å²) in [5, 5.41) is 3.68. The maximum Gasteiger partial charge on any atom is 0.416 e. The zero-order chi connectivity index (χ0) is 21.6. The summed E-state index contributed by atoms with van der Waals surface area (Å²) in [6.45, 7) is -0.138. The number of benzene rings is 2. The number of hydrogen-bond donors (Lipinski definition) is 0. The van der Waals surface area contributed by atoms with Crippen LogP contribution in [0.15, 0.2) is 53.1 Å². The van der Waals surface area contributed by atoms with Gasteiger partial charge in [0.15, 0.2) is 6.61 Å². The van der Waals surface area contributed by atoms with Crippen LogP contribution >= 0.6 is 0 Å². The second kappa shape index (κ2) is 9.29. The van der Waals surface area contributed by atoms with Crippen molar-refractivity contribution in [2.24, 2.45) is 0 Å². The number of ether oxygens (including phenoxy) is 3. The monoisotopic (exact) mass is 422 g/mol. The van der Waals surface area contributed by atoms with Gasteiger partial charge < -0.3 is 18.7 Å². The van der Waals surface area contributed by atoms with Crippen LogP contribution < -0.4 is 9.47 Å². The Morgan fingerprint density at radius 3 is 2.33 bits per heavy atom. The van der Waals surface area contributed by atoms with Gasteiger partial charge in [-0.25, -0.2) is 0 Å². The topological polar surface area (TPSA) is 83.7 Å². The third kappa shape index (κ3) is 5.72. The lowest BCUT2D eigenvalue weighted by Gasteiger charge is -2.06. The molecule has 0 radical (unpaired) electrons. The first-order valence-corrected chi connectivity index (χ1v) is 8.78. The van der Waals surface area contributed by atoms with Gasteiger partial charge in [-0.15, -0.1) is 0 Å². The van der Waals surface area contributed by atoms with Gasteiger partial charge in [-0.05, 0) is 36.4 Å². The van der Waals surface area contributed by atoms with Gasteiger partial charge in [-0.1, -0.05) is 17.3 Å². The van der Waals surface area contributed by atoms with E-state index in [1.54, 1.807) is 31.4 Å². The summed E-state index contributed by atoms with van der Waals surface area (Å²) in [7, 11) is 1.56. The Hall–Kier alpha value is -3.56. The summed E-state index contributed by atoms with van der Waals surface area (Å²) in [5.41, 5.74) is -0.432. The van der Waals surface area contributed by atoms with Crippen molar-refractivity contribution in [2.45, 2.75) is 19.2 Å². The van der Waals surface area contributed by atoms with Crippen LogP contribution in [0.5, 0.6) is 11.5 Å². The molecule has 0 aliphatic heterocycles. The number of carbonyl (C=O) groups excluding carboxylic acids is 1. The molecule has 0 saturated heterocycles. The van der Waals surface area contributed by atoms with Gasteiger partial charge in [-0.3, -0.25) is 4.79 Å². The lowest BCUT2D eigenvalue weighted by Crippen LogP contribution is -2.10. The van der Waals surface area contributed by atoms with Crippen molar-refractivity contribution in [3.63, 3.8) is 0 Å². The molecule has 0 aliphatic rings. The van der Waals surface area contributed by atoms with Crippen LogP contribution in [-0.4, -0.2) is 29.8 Å². The SMILES string of the molecule is COc1ccc(OCCC(=O)OCc2nc(-c3ccc(C(F)(F)F)cc3)no2)cc1. The van der Waals surface area contributed by atoms with E-state index in [2.05, 4.69) is 10.1 Å². The molecule has 3 rings (SSSR count). The van der Waals surface area contributed by atoms with Gasteiger partial charge in [0, 0.05) is 5.56 Å². The molecule has 0 bridgehead atoms. The molecule has 2 aromatic carbocycles. The molecule has 0 amide bonds. The normalized spacial score (nSPS) is 11.2. The highest BCUT2D eigenvalue weighted by molar-refractivity contribution is 5.69. The highest BCUT2D eigenvalue weighted by Crippen LogP contribution is 2.30. The van der Waals surface area contributed by atoms with Crippen molar-refractivity contribution < 1.29 is 36.7 Å². The minimum Gasteiger partial charge on any atom is -0.497 e. The quantitative estimate of drug-likeness (QED) is 0.501. The van der Waals surface area contributed by atoms with Crippen molar-refractivity contribution >= 4 is 5.97 Å². The average molecular weight is 422 g/mol. The van der Waals surface area contributed by atoms with Crippen LogP contribution in [0.1, 0.15) is 17.9 Å². The fraction of sp³-hybridized carbons (Fsp3) is 0.250. The number of alkyl halides is 3. The van der Waals surface area contributed by atoms with E-state index in [1.165, 1.54) is 12.1 Å². The number of carbonyl (C=O) groups is 1. The van der Waals surface area contributed by atoms with E-state index in [9.17, 15) is 18.0 Å². The Bertz CT molecular complexity index is 969. The molecule has 10 heteroatoms. The molecule has 1 aromatic heterocycles. The zero-order valence-corrected chi connectivity index (χ0v) is 15.8. The number of halogens is 3. The fourth-order valence-corrected chi connectivity index (χ4v) is 2.38. The highest BCUT2D eigenvalue weighted by atomic mass is 19.4. The summed E-state index contributed by atoms with van der Waals surface area (Å²) in [6, 6.07) is 11.2.